The summed E-state index contributed by atoms with van der Waals surface area (Å²) in [6, 6.07) is 5.11. The van der Waals surface area contributed by atoms with Gasteiger partial charge in [-0.3, -0.25) is 4.84 Å². The molecule has 0 aliphatic heterocycles. The van der Waals surface area contributed by atoms with E-state index in [-0.39, 0.29) is 13.2 Å². The third kappa shape index (κ3) is 6.47. The highest BCUT2D eigenvalue weighted by atomic mass is 79.9. The SMILES string of the molecule is C#CCOc1ccc(Br)cc1CNOCC(F)(F)F. The Balaban J connectivity index is 2.56. The van der Waals surface area contributed by atoms with Crippen molar-refractivity contribution in [1.29, 1.82) is 0 Å². The summed E-state index contributed by atoms with van der Waals surface area (Å²) in [6.45, 7) is -1.21. The van der Waals surface area contributed by atoms with E-state index >= 15 is 0 Å². The summed E-state index contributed by atoms with van der Waals surface area (Å²) < 4.78 is 41.7. The minimum atomic E-state index is -4.37. The maximum Gasteiger partial charge on any atom is 0.413 e. The molecule has 1 N–H and O–H groups in total. The van der Waals surface area contributed by atoms with Gasteiger partial charge in [-0.25, -0.2) is 0 Å². The number of alkyl halides is 3. The zero-order chi connectivity index (χ0) is 14.3. The molecule has 7 heteroatoms. The third-order valence-electron chi connectivity index (χ3n) is 1.93. The van der Waals surface area contributed by atoms with Gasteiger partial charge in [0.1, 0.15) is 12.4 Å². The quantitative estimate of drug-likeness (QED) is 0.491. The normalized spacial score (nSPS) is 11.1. The molecule has 0 amide bonds. The van der Waals surface area contributed by atoms with E-state index in [9.17, 15) is 13.2 Å². The molecule has 104 valence electrons. The Bertz CT molecular complexity index is 457. The van der Waals surface area contributed by atoms with Crippen molar-refractivity contribution < 1.29 is 22.7 Å². The number of rotatable bonds is 6. The number of benzene rings is 1. The first-order chi connectivity index (χ1) is 8.92. The number of ether oxygens (including phenoxy) is 1. The Hall–Kier alpha value is -1.23. The summed E-state index contributed by atoms with van der Waals surface area (Å²) in [6.07, 6.45) is 0.708. The van der Waals surface area contributed by atoms with Crippen molar-refractivity contribution in [3.05, 3.63) is 28.2 Å². The van der Waals surface area contributed by atoms with Crippen LogP contribution in [0.3, 0.4) is 0 Å². The van der Waals surface area contributed by atoms with Gasteiger partial charge in [0.15, 0.2) is 6.61 Å². The predicted octanol–water partition coefficient (Wildman–Crippen LogP) is 3.04. The van der Waals surface area contributed by atoms with Crippen molar-refractivity contribution in [2.45, 2.75) is 12.7 Å². The number of nitrogens with one attached hydrogen (secondary N) is 1. The molecule has 0 saturated heterocycles. The summed E-state index contributed by atoms with van der Waals surface area (Å²) in [5.74, 6) is 2.80. The van der Waals surface area contributed by atoms with Gasteiger partial charge in [0.25, 0.3) is 0 Å². The number of hydrogen-bond donors (Lipinski definition) is 1. The van der Waals surface area contributed by atoms with Crippen molar-refractivity contribution in [1.82, 2.24) is 5.48 Å². The average molecular weight is 338 g/mol. The van der Waals surface area contributed by atoms with Crippen LogP contribution in [-0.4, -0.2) is 19.4 Å². The summed E-state index contributed by atoms with van der Waals surface area (Å²) in [7, 11) is 0. The second-order valence-corrected chi connectivity index (χ2v) is 4.39. The van der Waals surface area contributed by atoms with Crippen LogP contribution in [0.4, 0.5) is 13.2 Å². The largest absolute Gasteiger partial charge is 0.481 e. The number of halogens is 4. The molecule has 0 radical (unpaired) electrons. The zero-order valence-electron chi connectivity index (χ0n) is 9.76. The topological polar surface area (TPSA) is 30.5 Å². The van der Waals surface area contributed by atoms with Crippen LogP contribution in [0.25, 0.3) is 0 Å². The lowest BCUT2D eigenvalue weighted by molar-refractivity contribution is -0.190. The fraction of sp³-hybridized carbons (Fsp3) is 0.333. The lowest BCUT2D eigenvalue weighted by Gasteiger charge is -2.12. The highest BCUT2D eigenvalue weighted by Crippen LogP contribution is 2.23. The van der Waals surface area contributed by atoms with Crippen molar-refractivity contribution in [3.8, 4) is 18.1 Å². The first-order valence-corrected chi connectivity index (χ1v) is 5.98. The fourth-order valence-electron chi connectivity index (χ4n) is 1.21. The Kier molecular flexibility index (Phi) is 6.15. The van der Waals surface area contributed by atoms with E-state index in [1.165, 1.54) is 0 Å². The maximum absolute atomic E-state index is 11.9. The van der Waals surface area contributed by atoms with E-state index in [0.29, 0.717) is 11.3 Å². The van der Waals surface area contributed by atoms with Gasteiger partial charge in [-0.1, -0.05) is 21.9 Å². The van der Waals surface area contributed by atoms with Crippen LogP contribution >= 0.6 is 15.9 Å². The van der Waals surface area contributed by atoms with Crippen LogP contribution in [0.1, 0.15) is 5.56 Å². The molecule has 0 bridgehead atoms. The van der Waals surface area contributed by atoms with Gasteiger partial charge in [0, 0.05) is 16.6 Å². The molecule has 0 aliphatic rings. The van der Waals surface area contributed by atoms with Crippen LogP contribution in [0.15, 0.2) is 22.7 Å². The third-order valence-corrected chi connectivity index (χ3v) is 2.43. The molecular formula is C12H11BrF3NO2. The van der Waals surface area contributed by atoms with E-state index in [1.54, 1.807) is 18.2 Å². The van der Waals surface area contributed by atoms with E-state index in [0.717, 1.165) is 4.47 Å². The lowest BCUT2D eigenvalue weighted by atomic mass is 10.2. The molecule has 1 aromatic rings. The van der Waals surface area contributed by atoms with Gasteiger partial charge in [-0.15, -0.1) is 6.42 Å². The molecule has 3 nitrogen and oxygen atoms in total. The van der Waals surface area contributed by atoms with Crippen molar-refractivity contribution >= 4 is 15.9 Å². The minimum Gasteiger partial charge on any atom is -0.481 e. The standard InChI is InChI=1S/C12H11BrF3NO2/c1-2-5-18-11-4-3-10(13)6-9(11)7-17-19-8-12(14,15)16/h1,3-4,6,17H,5,7-8H2. The van der Waals surface area contributed by atoms with Crippen molar-refractivity contribution in [3.63, 3.8) is 0 Å². The molecule has 0 heterocycles. The van der Waals surface area contributed by atoms with Crippen LogP contribution < -0.4 is 10.2 Å². The first-order valence-electron chi connectivity index (χ1n) is 5.18. The van der Waals surface area contributed by atoms with Crippen molar-refractivity contribution in [2.24, 2.45) is 0 Å². The Morgan fingerprint density at radius 2 is 2.11 bits per heavy atom. The number of terminal acetylenes is 1. The highest BCUT2D eigenvalue weighted by molar-refractivity contribution is 9.10. The lowest BCUT2D eigenvalue weighted by Crippen LogP contribution is -2.24. The van der Waals surface area contributed by atoms with Crippen molar-refractivity contribution in [2.75, 3.05) is 13.2 Å². The Morgan fingerprint density at radius 3 is 2.74 bits per heavy atom. The first kappa shape index (κ1) is 15.8. The number of hydrogen-bond acceptors (Lipinski definition) is 3. The molecule has 0 fully saturated rings. The van der Waals surface area contributed by atoms with Crippen LogP contribution in [0, 0.1) is 12.3 Å². The zero-order valence-corrected chi connectivity index (χ0v) is 11.3. The molecule has 19 heavy (non-hydrogen) atoms. The summed E-state index contributed by atoms with van der Waals surface area (Å²) in [4.78, 5) is 4.32. The van der Waals surface area contributed by atoms with E-state index < -0.39 is 12.8 Å². The summed E-state index contributed by atoms with van der Waals surface area (Å²) >= 11 is 3.26. The second kappa shape index (κ2) is 7.38. The average Bonchev–Trinajstić information content (AvgIpc) is 2.32. The highest BCUT2D eigenvalue weighted by Gasteiger charge is 2.27. The predicted molar refractivity (Wildman–Crippen MR) is 67.3 cm³/mol. The van der Waals surface area contributed by atoms with E-state index in [2.05, 4.69) is 32.2 Å². The monoisotopic (exact) mass is 337 g/mol. The molecule has 0 saturated carbocycles. The number of hydroxylamine groups is 1. The van der Waals surface area contributed by atoms with Crippen LogP contribution in [0.5, 0.6) is 5.75 Å². The minimum absolute atomic E-state index is 0.0649. The maximum atomic E-state index is 11.9. The van der Waals surface area contributed by atoms with E-state index in [4.69, 9.17) is 11.2 Å². The fourth-order valence-corrected chi connectivity index (χ4v) is 1.62. The van der Waals surface area contributed by atoms with Crippen LogP contribution in [-0.2, 0) is 11.4 Å². The molecule has 0 aromatic heterocycles. The van der Waals surface area contributed by atoms with Gasteiger partial charge in [0.2, 0.25) is 0 Å². The van der Waals surface area contributed by atoms with Gasteiger partial charge < -0.3 is 4.74 Å². The molecular weight excluding hydrogens is 327 g/mol. The van der Waals surface area contributed by atoms with Gasteiger partial charge in [0.05, 0.1) is 0 Å². The van der Waals surface area contributed by atoms with Gasteiger partial charge >= 0.3 is 6.18 Å². The molecule has 0 spiro atoms. The summed E-state index contributed by atoms with van der Waals surface area (Å²) in [5.41, 5.74) is 2.86. The molecule has 0 atom stereocenters. The summed E-state index contributed by atoms with van der Waals surface area (Å²) in [5, 5.41) is 0. The Morgan fingerprint density at radius 1 is 1.37 bits per heavy atom. The van der Waals surface area contributed by atoms with Gasteiger partial charge in [-0.2, -0.15) is 18.7 Å². The van der Waals surface area contributed by atoms with E-state index in [1.807, 2.05) is 0 Å². The Labute approximate surface area is 117 Å². The van der Waals surface area contributed by atoms with Crippen LogP contribution in [0.2, 0.25) is 0 Å². The van der Waals surface area contributed by atoms with Gasteiger partial charge in [-0.05, 0) is 18.2 Å². The molecule has 1 aromatic carbocycles. The smallest absolute Gasteiger partial charge is 0.413 e. The second-order valence-electron chi connectivity index (χ2n) is 3.47. The molecule has 1 rings (SSSR count). The molecule has 0 aliphatic carbocycles. The molecule has 0 unspecified atom stereocenters.